The normalized spacial score (nSPS) is 19.2. The van der Waals surface area contributed by atoms with E-state index in [1.165, 1.54) is 17.3 Å². The lowest BCUT2D eigenvalue weighted by atomic mass is 10.1. The highest BCUT2D eigenvalue weighted by Gasteiger charge is 2.59. The third kappa shape index (κ3) is 3.62. The van der Waals surface area contributed by atoms with Gasteiger partial charge >= 0.3 is 6.03 Å². The van der Waals surface area contributed by atoms with Gasteiger partial charge in [-0.05, 0) is 42.8 Å². The van der Waals surface area contributed by atoms with Crippen molar-refractivity contribution in [3.63, 3.8) is 0 Å². The smallest absolute Gasteiger partial charge is 0.323 e. The first-order valence-corrected chi connectivity index (χ1v) is 11.8. The number of methoxy groups -OCH3 is 1. The van der Waals surface area contributed by atoms with Crippen LogP contribution in [-0.2, 0) is 16.2 Å². The van der Waals surface area contributed by atoms with Gasteiger partial charge in [0.2, 0.25) is 0 Å². The van der Waals surface area contributed by atoms with E-state index in [-0.39, 0.29) is 11.9 Å². The van der Waals surface area contributed by atoms with Crippen LogP contribution in [0.15, 0.2) is 72.8 Å². The number of nitrogens with zero attached hydrogens (tertiary/aromatic N) is 2. The van der Waals surface area contributed by atoms with Crippen LogP contribution in [0.25, 0.3) is 0 Å². The number of fused-ring (bicyclic) bond motifs is 2. The molecule has 2 aliphatic heterocycles. The number of hydrogen-bond donors (Lipinski definition) is 1. The minimum Gasteiger partial charge on any atom is -0.497 e. The zero-order valence-electron chi connectivity index (χ0n) is 18.6. The second kappa shape index (κ2) is 8.48. The molecule has 6 nitrogen and oxygen atoms in total. The Morgan fingerprint density at radius 2 is 1.79 bits per heavy atom. The van der Waals surface area contributed by atoms with Crippen LogP contribution in [0.2, 0.25) is 0 Å². The number of aryl methyl sites for hydroxylation is 1. The molecule has 0 aromatic heterocycles. The van der Waals surface area contributed by atoms with Gasteiger partial charge in [0.1, 0.15) is 5.75 Å². The fourth-order valence-corrected chi connectivity index (χ4v) is 5.93. The number of para-hydroxylation sites is 1. The summed E-state index contributed by atoms with van der Waals surface area (Å²) < 4.78 is 5.19. The lowest BCUT2D eigenvalue weighted by Gasteiger charge is -2.33. The zero-order chi connectivity index (χ0) is 23.0. The Labute approximate surface area is 197 Å². The van der Waals surface area contributed by atoms with Crippen molar-refractivity contribution < 1.29 is 14.3 Å². The molecule has 2 heterocycles. The summed E-state index contributed by atoms with van der Waals surface area (Å²) in [6, 6.07) is 22.9. The van der Waals surface area contributed by atoms with Crippen LogP contribution in [0.5, 0.6) is 5.75 Å². The maximum Gasteiger partial charge on any atom is 0.323 e. The van der Waals surface area contributed by atoms with E-state index in [1.807, 2.05) is 48.2 Å². The Balaban J connectivity index is 1.47. The monoisotopic (exact) mass is 459 g/mol. The number of rotatable bonds is 4. The molecule has 0 aliphatic carbocycles. The standard InChI is InChI=1S/C26H25N3O3S/c1-18-7-9-19(10-8-18)17-28-23-6-4-3-5-22(23)26(24(28)30)29(15-16-33-26)25(31)27-20-11-13-21(32-2)14-12-20/h3-14H,15-17H2,1-2H3,(H,27,31)/t26-/m1/s1. The predicted octanol–water partition coefficient (Wildman–Crippen LogP) is 4.98. The molecule has 0 radical (unpaired) electrons. The fourth-order valence-electron chi connectivity index (χ4n) is 4.47. The summed E-state index contributed by atoms with van der Waals surface area (Å²) in [4.78, 5) is 29.8. The number of nitrogens with one attached hydrogen (secondary N) is 1. The molecule has 2 aliphatic rings. The second-order valence-electron chi connectivity index (χ2n) is 8.20. The van der Waals surface area contributed by atoms with E-state index >= 15 is 0 Å². The van der Waals surface area contributed by atoms with Crippen molar-refractivity contribution in [3.8, 4) is 5.75 Å². The van der Waals surface area contributed by atoms with Gasteiger partial charge in [-0.2, -0.15) is 0 Å². The molecular weight excluding hydrogens is 434 g/mol. The molecule has 33 heavy (non-hydrogen) atoms. The molecule has 0 bridgehead atoms. The predicted molar refractivity (Wildman–Crippen MR) is 132 cm³/mol. The molecule has 7 heteroatoms. The van der Waals surface area contributed by atoms with E-state index in [0.29, 0.717) is 30.3 Å². The molecule has 1 N–H and O–H groups in total. The van der Waals surface area contributed by atoms with Gasteiger partial charge in [-0.25, -0.2) is 4.79 Å². The fraction of sp³-hybridized carbons (Fsp3) is 0.231. The van der Waals surface area contributed by atoms with E-state index in [0.717, 1.165) is 16.8 Å². The van der Waals surface area contributed by atoms with Crippen LogP contribution in [-0.4, -0.2) is 36.2 Å². The van der Waals surface area contributed by atoms with Gasteiger partial charge in [-0.15, -0.1) is 11.8 Å². The van der Waals surface area contributed by atoms with Gasteiger partial charge in [0.05, 0.1) is 19.3 Å². The molecule has 1 spiro atoms. The van der Waals surface area contributed by atoms with Gasteiger partial charge in [-0.1, -0.05) is 48.0 Å². The number of amides is 3. The Kier molecular flexibility index (Phi) is 5.50. The summed E-state index contributed by atoms with van der Waals surface area (Å²) in [6.45, 7) is 3.00. The molecule has 3 aromatic carbocycles. The van der Waals surface area contributed by atoms with Gasteiger partial charge in [-0.3, -0.25) is 9.69 Å². The van der Waals surface area contributed by atoms with Crippen LogP contribution < -0.4 is 15.0 Å². The SMILES string of the molecule is COc1ccc(NC(=O)N2CCS[C@]23C(=O)N(Cc2ccc(C)cc2)c2ccccc23)cc1. The average Bonchev–Trinajstić information content (AvgIpc) is 3.38. The van der Waals surface area contributed by atoms with Crippen molar-refractivity contribution in [3.05, 3.63) is 89.5 Å². The van der Waals surface area contributed by atoms with Crippen LogP contribution in [0.1, 0.15) is 16.7 Å². The van der Waals surface area contributed by atoms with Gasteiger partial charge in [0, 0.05) is 23.5 Å². The molecule has 0 unspecified atom stereocenters. The molecule has 168 valence electrons. The molecular formula is C26H25N3O3S. The molecule has 3 amide bonds. The summed E-state index contributed by atoms with van der Waals surface area (Å²) in [5.74, 6) is 1.33. The van der Waals surface area contributed by atoms with Crippen molar-refractivity contribution in [2.75, 3.05) is 29.6 Å². The number of anilines is 2. The molecule has 1 fully saturated rings. The first-order valence-electron chi connectivity index (χ1n) is 10.9. The zero-order valence-corrected chi connectivity index (χ0v) is 19.4. The number of carbonyl (C=O) groups excluding carboxylic acids is 2. The Bertz CT molecular complexity index is 1200. The van der Waals surface area contributed by atoms with Crippen molar-refractivity contribution in [1.29, 1.82) is 0 Å². The van der Waals surface area contributed by atoms with Gasteiger partial charge in [0.25, 0.3) is 5.91 Å². The maximum absolute atomic E-state index is 14.0. The summed E-state index contributed by atoms with van der Waals surface area (Å²) in [7, 11) is 1.60. The molecule has 1 saturated heterocycles. The topological polar surface area (TPSA) is 61.9 Å². The number of thioether (sulfide) groups is 1. The van der Waals surface area contributed by atoms with E-state index in [4.69, 9.17) is 4.74 Å². The quantitative estimate of drug-likeness (QED) is 0.598. The minimum atomic E-state index is -1.06. The third-order valence-electron chi connectivity index (χ3n) is 6.15. The molecule has 1 atom stereocenters. The van der Waals surface area contributed by atoms with Crippen molar-refractivity contribution in [2.45, 2.75) is 18.3 Å². The van der Waals surface area contributed by atoms with Crippen molar-refractivity contribution in [1.82, 2.24) is 4.90 Å². The third-order valence-corrected chi connectivity index (χ3v) is 7.57. The number of urea groups is 1. The minimum absolute atomic E-state index is 0.0725. The lowest BCUT2D eigenvalue weighted by Crippen LogP contribution is -2.51. The summed E-state index contributed by atoms with van der Waals surface area (Å²) in [6.07, 6.45) is 0. The largest absolute Gasteiger partial charge is 0.497 e. The van der Waals surface area contributed by atoms with E-state index in [9.17, 15) is 9.59 Å². The van der Waals surface area contributed by atoms with Crippen molar-refractivity contribution in [2.24, 2.45) is 0 Å². The maximum atomic E-state index is 14.0. The highest BCUT2D eigenvalue weighted by Crippen LogP contribution is 2.54. The summed E-state index contributed by atoms with van der Waals surface area (Å²) in [5.41, 5.74) is 4.62. The molecule has 5 rings (SSSR count). The molecule has 3 aromatic rings. The average molecular weight is 460 g/mol. The lowest BCUT2D eigenvalue weighted by molar-refractivity contribution is -0.123. The molecule has 0 saturated carbocycles. The Morgan fingerprint density at radius 1 is 1.06 bits per heavy atom. The van der Waals surface area contributed by atoms with Crippen LogP contribution in [0.4, 0.5) is 16.2 Å². The highest BCUT2D eigenvalue weighted by molar-refractivity contribution is 8.01. The Morgan fingerprint density at radius 3 is 2.52 bits per heavy atom. The van der Waals surface area contributed by atoms with E-state index in [2.05, 4.69) is 17.4 Å². The van der Waals surface area contributed by atoms with Crippen LogP contribution in [0, 0.1) is 6.92 Å². The number of carbonyl (C=O) groups is 2. The summed E-state index contributed by atoms with van der Waals surface area (Å²) >= 11 is 1.53. The van der Waals surface area contributed by atoms with Gasteiger partial charge in [0.15, 0.2) is 4.87 Å². The van der Waals surface area contributed by atoms with Crippen LogP contribution >= 0.6 is 11.8 Å². The Hall–Kier alpha value is -3.45. The second-order valence-corrected chi connectivity index (χ2v) is 9.48. The number of ether oxygens (including phenoxy) is 1. The number of hydrogen-bond acceptors (Lipinski definition) is 4. The van der Waals surface area contributed by atoms with Crippen molar-refractivity contribution >= 4 is 35.1 Å². The number of benzene rings is 3. The van der Waals surface area contributed by atoms with E-state index < -0.39 is 4.87 Å². The van der Waals surface area contributed by atoms with Crippen LogP contribution in [0.3, 0.4) is 0 Å². The first-order chi connectivity index (χ1) is 16.0. The van der Waals surface area contributed by atoms with Gasteiger partial charge < -0.3 is 15.0 Å². The highest BCUT2D eigenvalue weighted by atomic mass is 32.2. The first kappa shape index (κ1) is 21.4. The van der Waals surface area contributed by atoms with E-state index in [1.54, 1.807) is 36.3 Å². The summed E-state index contributed by atoms with van der Waals surface area (Å²) in [5, 5.41) is 2.96.